The minimum Gasteiger partial charge on any atom is -0.422 e. The van der Waals surface area contributed by atoms with Crippen LogP contribution in [-0.4, -0.2) is 37.8 Å². The Balaban J connectivity index is 1.52. The van der Waals surface area contributed by atoms with Crippen molar-refractivity contribution in [2.24, 2.45) is 11.1 Å². The van der Waals surface area contributed by atoms with Crippen molar-refractivity contribution >= 4 is 41.6 Å². The van der Waals surface area contributed by atoms with Crippen molar-refractivity contribution in [3.05, 3.63) is 65.3 Å². The molecule has 196 valence electrons. The number of rotatable bonds is 9. The van der Waals surface area contributed by atoms with Crippen LogP contribution in [0.3, 0.4) is 0 Å². The van der Waals surface area contributed by atoms with Crippen molar-refractivity contribution in [1.82, 2.24) is 19.9 Å². The van der Waals surface area contributed by atoms with E-state index in [9.17, 15) is 16.8 Å². The smallest absolute Gasteiger partial charge is 0.274 e. The van der Waals surface area contributed by atoms with E-state index in [0.717, 1.165) is 47.9 Å². The molecule has 37 heavy (non-hydrogen) atoms. The third-order valence-electron chi connectivity index (χ3n) is 6.42. The molecule has 1 aliphatic carbocycles. The van der Waals surface area contributed by atoms with Crippen molar-refractivity contribution in [3.8, 4) is 11.1 Å². The van der Waals surface area contributed by atoms with E-state index < -0.39 is 25.3 Å². The molecule has 0 aliphatic heterocycles. The Hall–Kier alpha value is -2.71. The van der Waals surface area contributed by atoms with E-state index in [1.165, 1.54) is 11.3 Å². The van der Waals surface area contributed by atoms with Gasteiger partial charge in [-0.2, -0.15) is 13.1 Å². The number of hydrogen-bond donors (Lipinski definition) is 2. The molecule has 2 heterocycles. The van der Waals surface area contributed by atoms with Gasteiger partial charge in [-0.3, -0.25) is 0 Å². The normalized spacial score (nSPS) is 16.2. The Labute approximate surface area is 219 Å². The predicted octanol–water partition coefficient (Wildman–Crippen LogP) is 3.72. The molecule has 0 saturated heterocycles. The summed E-state index contributed by atoms with van der Waals surface area (Å²) in [4.78, 5) is 4.66. The van der Waals surface area contributed by atoms with Gasteiger partial charge in [0.05, 0.1) is 22.5 Å². The van der Waals surface area contributed by atoms with Crippen molar-refractivity contribution in [2.75, 3.05) is 5.75 Å². The van der Waals surface area contributed by atoms with Gasteiger partial charge >= 0.3 is 0 Å². The average molecular weight is 562 g/mol. The second kappa shape index (κ2) is 10.6. The van der Waals surface area contributed by atoms with Gasteiger partial charge < -0.3 is 4.42 Å². The monoisotopic (exact) mass is 561 g/mol. The first-order valence-corrected chi connectivity index (χ1v) is 16.0. The summed E-state index contributed by atoms with van der Waals surface area (Å²) >= 11 is 1.28. The van der Waals surface area contributed by atoms with Gasteiger partial charge in [-0.15, -0.1) is 21.5 Å². The maximum Gasteiger partial charge on any atom is 0.274 e. The first-order chi connectivity index (χ1) is 17.7. The van der Waals surface area contributed by atoms with Crippen molar-refractivity contribution in [1.29, 1.82) is 0 Å². The lowest BCUT2D eigenvalue weighted by Gasteiger charge is -2.22. The zero-order valence-electron chi connectivity index (χ0n) is 19.9. The first kappa shape index (κ1) is 25.9. The largest absolute Gasteiger partial charge is 0.422 e. The fourth-order valence-corrected chi connectivity index (χ4v) is 8.50. The van der Waals surface area contributed by atoms with Crippen LogP contribution in [0.25, 0.3) is 21.3 Å². The van der Waals surface area contributed by atoms with Gasteiger partial charge in [0.15, 0.2) is 15.1 Å². The lowest BCUT2D eigenvalue weighted by atomic mass is 9.91. The van der Waals surface area contributed by atoms with E-state index in [1.54, 1.807) is 0 Å². The van der Waals surface area contributed by atoms with Crippen LogP contribution in [0.1, 0.15) is 54.1 Å². The number of nitrogens with two attached hydrogens (primary N) is 1. The van der Waals surface area contributed by atoms with Crippen LogP contribution < -0.4 is 9.86 Å². The van der Waals surface area contributed by atoms with Gasteiger partial charge in [0, 0.05) is 0 Å². The Morgan fingerprint density at radius 1 is 1.00 bits per heavy atom. The molecule has 13 heteroatoms. The number of sulfone groups is 1. The average Bonchev–Trinajstić information content (AvgIpc) is 3.49. The number of thiazole rings is 1. The Morgan fingerprint density at radius 3 is 2.49 bits per heavy atom. The minimum atomic E-state index is -3.98. The second-order valence-corrected chi connectivity index (χ2v) is 13.8. The molecule has 3 N–H and O–H groups in total. The number of fused-ring (bicyclic) bond motifs is 1. The third-order valence-corrected chi connectivity index (χ3v) is 10.3. The molecule has 2 aromatic carbocycles. The highest BCUT2D eigenvalue weighted by Crippen LogP contribution is 2.38. The summed E-state index contributed by atoms with van der Waals surface area (Å²) in [6, 6.07) is 15.7. The van der Waals surface area contributed by atoms with Crippen molar-refractivity contribution < 1.29 is 21.3 Å². The summed E-state index contributed by atoms with van der Waals surface area (Å²) in [6.45, 7) is -0.346. The molecule has 1 atom stereocenters. The Bertz CT molecular complexity index is 1590. The molecule has 0 bridgehead atoms. The molecule has 4 aromatic rings. The quantitative estimate of drug-likeness (QED) is 0.313. The second-order valence-electron chi connectivity index (χ2n) is 9.21. The highest BCUT2D eigenvalue weighted by atomic mass is 32.2. The summed E-state index contributed by atoms with van der Waals surface area (Å²) in [7, 11) is -7.76. The molecule has 5 rings (SSSR count). The number of hydrogen-bond acceptors (Lipinski definition) is 9. The van der Waals surface area contributed by atoms with Crippen LogP contribution >= 0.6 is 11.3 Å². The molecular formula is C24H27N5O5S3. The van der Waals surface area contributed by atoms with Gasteiger partial charge in [-0.05, 0) is 42.0 Å². The van der Waals surface area contributed by atoms with Crippen LogP contribution in [-0.2, 0) is 26.6 Å². The van der Waals surface area contributed by atoms with E-state index >= 15 is 0 Å². The predicted molar refractivity (Wildman–Crippen MR) is 142 cm³/mol. The van der Waals surface area contributed by atoms with Crippen LogP contribution in [0, 0.1) is 5.92 Å². The fourth-order valence-electron chi connectivity index (χ4n) is 4.66. The fraction of sp³-hybridized carbons (Fsp3) is 0.375. The Kier molecular flexibility index (Phi) is 7.41. The molecule has 1 fully saturated rings. The zero-order valence-corrected chi connectivity index (χ0v) is 22.4. The molecule has 2 aromatic heterocycles. The number of nitrogens with one attached hydrogen (secondary N) is 1. The van der Waals surface area contributed by atoms with E-state index in [0.29, 0.717) is 10.5 Å². The maximum absolute atomic E-state index is 13.8. The molecule has 0 amide bonds. The summed E-state index contributed by atoms with van der Waals surface area (Å²) in [5.41, 5.74) is 2.72. The third kappa shape index (κ3) is 6.24. The van der Waals surface area contributed by atoms with Crippen molar-refractivity contribution in [2.45, 2.75) is 43.9 Å². The number of benzene rings is 2. The molecule has 0 radical (unpaired) electrons. The van der Waals surface area contributed by atoms with E-state index in [1.807, 2.05) is 48.5 Å². The molecule has 1 saturated carbocycles. The first-order valence-electron chi connectivity index (χ1n) is 11.9. The summed E-state index contributed by atoms with van der Waals surface area (Å²) < 4.78 is 58.6. The lowest BCUT2D eigenvalue weighted by molar-refractivity contribution is 0.383. The molecule has 1 unspecified atom stereocenters. The summed E-state index contributed by atoms with van der Waals surface area (Å²) in [5, 5.41) is 11.9. The van der Waals surface area contributed by atoms with E-state index in [2.05, 4.69) is 19.9 Å². The molecule has 1 aliphatic rings. The molecule has 0 spiro atoms. The highest BCUT2D eigenvalue weighted by molar-refractivity contribution is 7.92. The van der Waals surface area contributed by atoms with Crippen molar-refractivity contribution in [3.63, 3.8) is 0 Å². The topological polar surface area (TPSA) is 158 Å². The number of nitrogens with zero attached hydrogens (tertiary/aromatic N) is 3. The lowest BCUT2D eigenvalue weighted by Crippen LogP contribution is -2.30. The van der Waals surface area contributed by atoms with Gasteiger partial charge in [-0.1, -0.05) is 55.7 Å². The molecular weight excluding hydrogens is 534 g/mol. The maximum atomic E-state index is 13.8. The highest BCUT2D eigenvalue weighted by Gasteiger charge is 2.38. The summed E-state index contributed by atoms with van der Waals surface area (Å²) in [6.07, 6.45) is 4.86. The van der Waals surface area contributed by atoms with Gasteiger partial charge in [0.2, 0.25) is 11.8 Å². The van der Waals surface area contributed by atoms with Gasteiger partial charge in [0.25, 0.3) is 10.2 Å². The SMILES string of the molecule is NS(=O)(=O)NCc1nnc(C(c2nc3ccc(-c4ccccc4)cc3s2)S(=O)(=O)CC2CCCCC2)o1. The Morgan fingerprint density at radius 2 is 1.76 bits per heavy atom. The number of aromatic nitrogens is 3. The minimum absolute atomic E-state index is 0.00397. The van der Waals surface area contributed by atoms with Crippen LogP contribution in [0.15, 0.2) is 52.9 Å². The molecule has 10 nitrogen and oxygen atoms in total. The standard InChI is InChI=1S/C24H27N5O5S3/c25-37(32,33)26-14-21-28-29-23(34-21)22(36(30,31)15-16-7-3-1-4-8-16)24-27-19-12-11-18(13-20(19)35-24)17-9-5-2-6-10-17/h2,5-6,9-13,16,22,26H,1,3-4,7-8,14-15H2,(H2,25,32,33). The van der Waals surface area contributed by atoms with Gasteiger partial charge in [-0.25, -0.2) is 18.5 Å². The van der Waals surface area contributed by atoms with E-state index in [4.69, 9.17) is 9.56 Å². The van der Waals surface area contributed by atoms with Crippen LogP contribution in [0.2, 0.25) is 0 Å². The van der Waals surface area contributed by atoms with E-state index in [-0.39, 0.29) is 30.0 Å². The van der Waals surface area contributed by atoms with Crippen LogP contribution in [0.5, 0.6) is 0 Å². The van der Waals surface area contributed by atoms with Gasteiger partial charge in [0.1, 0.15) is 5.01 Å². The summed E-state index contributed by atoms with van der Waals surface area (Å²) in [5.74, 6) is -0.166. The zero-order chi connectivity index (χ0) is 26.0. The van der Waals surface area contributed by atoms with Crippen LogP contribution in [0.4, 0.5) is 0 Å².